The van der Waals surface area contributed by atoms with E-state index in [0.717, 1.165) is 0 Å². The maximum absolute atomic E-state index is 13.2. The number of aliphatic hydroxyl groups is 6. The van der Waals surface area contributed by atoms with E-state index in [0.29, 0.717) is 6.42 Å². The number of ether oxygens (including phenoxy) is 3. The molecule has 2 fully saturated rings. The average Bonchev–Trinajstić information content (AvgIpc) is 2.91. The molecule has 2 aliphatic rings. The molecule has 1 amide bonds. The van der Waals surface area contributed by atoms with Crippen molar-refractivity contribution in [2.45, 2.75) is 148 Å². The van der Waals surface area contributed by atoms with Crippen molar-refractivity contribution >= 4 is 11.9 Å². The van der Waals surface area contributed by atoms with Crippen LogP contribution in [0.15, 0.2) is 0 Å². The molecule has 0 bridgehead atoms. The lowest BCUT2D eigenvalue weighted by Gasteiger charge is -2.47. The summed E-state index contributed by atoms with van der Waals surface area (Å²) in [4.78, 5) is 26.7. The van der Waals surface area contributed by atoms with Gasteiger partial charge in [-0.25, -0.2) is 0 Å². The van der Waals surface area contributed by atoms with E-state index >= 15 is 0 Å². The molecule has 2 rings (SSSR count). The Morgan fingerprint density at radius 1 is 1.00 bits per heavy atom. The fourth-order valence-corrected chi connectivity index (χ4v) is 6.69. The Kier molecular flexibility index (Phi) is 12.4. The molecule has 2 saturated heterocycles. The van der Waals surface area contributed by atoms with Crippen LogP contribution in [-0.4, -0.2) is 121 Å². The zero-order chi connectivity index (χ0) is 32.5. The first kappa shape index (κ1) is 36.8. The van der Waals surface area contributed by atoms with Gasteiger partial charge >= 0.3 is 5.97 Å². The van der Waals surface area contributed by atoms with E-state index in [2.05, 4.69) is 0 Å². The van der Waals surface area contributed by atoms with Crippen LogP contribution in [0.4, 0.5) is 0 Å². The van der Waals surface area contributed by atoms with E-state index in [1.165, 1.54) is 32.6 Å². The standard InChI is InChI=1S/C30H55NO11/c1-11-21-30(9,39)25(36)16(4)22(33)14(2)13-29(8,38)26(17(5)23(34)18(6)27(37)41-21)42-28-24(35)20(12-15(3)40-28)31(10)19(7)32/h14-18,20-26,28,33-36,38-39H,11-13H2,1-10H3/t14-,15-,16+,17+,18-,20+,21-,22+,23+,24-,25-,26-,28+,29?,30-/m1/s1. The summed E-state index contributed by atoms with van der Waals surface area (Å²) in [5, 5.41) is 68.0. The maximum atomic E-state index is 13.2. The van der Waals surface area contributed by atoms with Gasteiger partial charge in [-0.15, -0.1) is 0 Å². The normalized spacial score (nSPS) is 48.2. The summed E-state index contributed by atoms with van der Waals surface area (Å²) in [7, 11) is 1.57. The van der Waals surface area contributed by atoms with Gasteiger partial charge in [0.15, 0.2) is 6.29 Å². The Morgan fingerprint density at radius 3 is 2.10 bits per heavy atom. The van der Waals surface area contributed by atoms with E-state index in [-0.39, 0.29) is 18.7 Å². The number of aliphatic hydroxyl groups excluding tert-OH is 4. The Labute approximate surface area is 249 Å². The number of cyclic esters (lactones) is 1. The van der Waals surface area contributed by atoms with Crippen molar-refractivity contribution in [2.24, 2.45) is 23.7 Å². The molecule has 42 heavy (non-hydrogen) atoms. The average molecular weight is 606 g/mol. The number of esters is 1. The molecular weight excluding hydrogens is 550 g/mol. The van der Waals surface area contributed by atoms with Crippen LogP contribution in [0.5, 0.6) is 0 Å². The van der Waals surface area contributed by atoms with Crippen LogP contribution in [0, 0.1) is 23.7 Å². The van der Waals surface area contributed by atoms with Crippen molar-refractivity contribution in [2.75, 3.05) is 7.05 Å². The molecule has 2 aliphatic heterocycles. The van der Waals surface area contributed by atoms with Crippen molar-refractivity contribution < 1.29 is 54.4 Å². The number of carbonyl (C=O) groups is 2. The van der Waals surface area contributed by atoms with Crippen molar-refractivity contribution in [3.63, 3.8) is 0 Å². The molecule has 2 heterocycles. The quantitative estimate of drug-likeness (QED) is 0.246. The summed E-state index contributed by atoms with van der Waals surface area (Å²) in [6.07, 6.45) is -8.97. The maximum Gasteiger partial charge on any atom is 0.311 e. The predicted octanol–water partition coefficient (Wildman–Crippen LogP) is 0.569. The molecule has 12 nitrogen and oxygen atoms in total. The monoisotopic (exact) mass is 605 g/mol. The fraction of sp³-hybridized carbons (Fsp3) is 0.933. The van der Waals surface area contributed by atoms with Gasteiger partial charge in [-0.05, 0) is 52.9 Å². The molecule has 0 aromatic carbocycles. The largest absolute Gasteiger partial charge is 0.459 e. The molecule has 0 aliphatic carbocycles. The van der Waals surface area contributed by atoms with Crippen LogP contribution < -0.4 is 0 Å². The lowest BCUT2D eigenvalue weighted by molar-refractivity contribution is -0.299. The predicted molar refractivity (Wildman–Crippen MR) is 153 cm³/mol. The summed E-state index contributed by atoms with van der Waals surface area (Å²) in [5.41, 5.74) is -3.66. The van der Waals surface area contributed by atoms with Gasteiger partial charge in [0, 0.05) is 25.8 Å². The first-order valence-electron chi connectivity index (χ1n) is 15.1. The summed E-state index contributed by atoms with van der Waals surface area (Å²) in [6.45, 7) is 14.0. The zero-order valence-corrected chi connectivity index (χ0v) is 26.8. The lowest BCUT2D eigenvalue weighted by atomic mass is 9.73. The molecular formula is C30H55NO11. The Bertz CT molecular complexity index is 914. The number of nitrogens with zero attached hydrogens (tertiary/aromatic N) is 1. The first-order valence-corrected chi connectivity index (χ1v) is 15.1. The summed E-state index contributed by atoms with van der Waals surface area (Å²) < 4.78 is 17.8. The van der Waals surface area contributed by atoms with Crippen LogP contribution in [0.25, 0.3) is 0 Å². The topological polar surface area (TPSA) is 186 Å². The number of hydrogen-bond donors (Lipinski definition) is 6. The minimum absolute atomic E-state index is 0.0692. The first-order chi connectivity index (χ1) is 19.2. The number of rotatable bonds is 4. The fourth-order valence-electron chi connectivity index (χ4n) is 6.69. The molecule has 0 aromatic heterocycles. The van der Waals surface area contributed by atoms with Crippen molar-refractivity contribution in [1.82, 2.24) is 4.90 Å². The van der Waals surface area contributed by atoms with Crippen LogP contribution in [-0.2, 0) is 23.8 Å². The minimum atomic E-state index is -1.91. The second-order valence-electron chi connectivity index (χ2n) is 13.3. The van der Waals surface area contributed by atoms with Gasteiger partial charge in [-0.3, -0.25) is 9.59 Å². The zero-order valence-electron chi connectivity index (χ0n) is 26.8. The van der Waals surface area contributed by atoms with Gasteiger partial charge in [0.1, 0.15) is 17.8 Å². The van der Waals surface area contributed by atoms with Crippen LogP contribution in [0.2, 0.25) is 0 Å². The second kappa shape index (κ2) is 14.2. The third kappa shape index (κ3) is 7.82. The van der Waals surface area contributed by atoms with Gasteiger partial charge < -0.3 is 49.7 Å². The summed E-state index contributed by atoms with van der Waals surface area (Å²) in [6, 6.07) is -0.629. The molecule has 0 radical (unpaired) electrons. The molecule has 1 unspecified atom stereocenters. The van der Waals surface area contributed by atoms with Gasteiger partial charge in [-0.1, -0.05) is 27.7 Å². The lowest BCUT2D eigenvalue weighted by Crippen LogP contribution is -2.60. The van der Waals surface area contributed by atoms with E-state index in [4.69, 9.17) is 14.2 Å². The SMILES string of the molecule is CC[C@H]1OC(=O)[C@H](C)[C@@H](O)[C@H](C)[C@@H](O[C@@H]2O[C@H](C)C[C@H](N(C)C(C)=O)[C@H]2O)C(C)(O)C[C@@H](C)[C@H](O)[C@H](C)[C@@H](O)[C@]1(C)O. The Hall–Kier alpha value is -1.38. The molecule has 12 heteroatoms. The van der Waals surface area contributed by atoms with E-state index in [1.54, 1.807) is 41.7 Å². The van der Waals surface area contributed by atoms with Gasteiger partial charge in [0.05, 0.1) is 48.1 Å². The van der Waals surface area contributed by atoms with E-state index < -0.39 is 95.9 Å². The molecule has 0 saturated carbocycles. The van der Waals surface area contributed by atoms with Crippen molar-refractivity contribution in [3.05, 3.63) is 0 Å². The third-order valence-electron chi connectivity index (χ3n) is 9.64. The van der Waals surface area contributed by atoms with E-state index in [9.17, 15) is 40.2 Å². The van der Waals surface area contributed by atoms with Gasteiger partial charge in [0.2, 0.25) is 5.91 Å². The Morgan fingerprint density at radius 2 is 1.57 bits per heavy atom. The van der Waals surface area contributed by atoms with Gasteiger partial charge in [-0.2, -0.15) is 0 Å². The molecule has 0 spiro atoms. The highest BCUT2D eigenvalue weighted by molar-refractivity contribution is 5.73. The number of hydrogen-bond acceptors (Lipinski definition) is 11. The molecule has 0 aromatic rings. The van der Waals surface area contributed by atoms with Crippen LogP contribution in [0.1, 0.15) is 81.6 Å². The molecule has 246 valence electrons. The van der Waals surface area contributed by atoms with E-state index in [1.807, 2.05) is 0 Å². The summed E-state index contributed by atoms with van der Waals surface area (Å²) >= 11 is 0. The third-order valence-corrected chi connectivity index (χ3v) is 9.64. The molecule has 15 atom stereocenters. The Balaban J connectivity index is 2.55. The van der Waals surface area contributed by atoms with Gasteiger partial charge in [0.25, 0.3) is 0 Å². The number of carbonyl (C=O) groups excluding carboxylic acids is 2. The van der Waals surface area contributed by atoms with Crippen LogP contribution >= 0.6 is 0 Å². The highest BCUT2D eigenvalue weighted by atomic mass is 16.7. The van der Waals surface area contributed by atoms with Crippen molar-refractivity contribution in [1.29, 1.82) is 0 Å². The number of likely N-dealkylation sites (N-methyl/N-ethyl adjacent to an activating group) is 1. The van der Waals surface area contributed by atoms with Crippen molar-refractivity contribution in [3.8, 4) is 0 Å². The minimum Gasteiger partial charge on any atom is -0.459 e. The highest BCUT2D eigenvalue weighted by Gasteiger charge is 2.51. The highest BCUT2D eigenvalue weighted by Crippen LogP contribution is 2.38. The van der Waals surface area contributed by atoms with Crippen LogP contribution in [0.3, 0.4) is 0 Å². The smallest absolute Gasteiger partial charge is 0.311 e. The summed E-state index contributed by atoms with van der Waals surface area (Å²) in [5.74, 6) is -4.64. The number of amides is 1. The second-order valence-corrected chi connectivity index (χ2v) is 13.3. The molecule has 6 N–H and O–H groups in total.